The third-order valence-electron chi connectivity index (χ3n) is 6.12. The third-order valence-corrected chi connectivity index (χ3v) is 6.12. The normalized spacial score (nSPS) is 19.0. The number of carbonyl (C=O) groups is 1. The Kier molecular flexibility index (Phi) is 10.1. The first-order chi connectivity index (χ1) is 12.8. The molecule has 0 atom stereocenters. The van der Waals surface area contributed by atoms with Crippen LogP contribution in [0.15, 0.2) is 0 Å². The summed E-state index contributed by atoms with van der Waals surface area (Å²) in [7, 11) is 0. The quantitative estimate of drug-likeness (QED) is 0.441. The van der Waals surface area contributed by atoms with Crippen LogP contribution in [0.5, 0.6) is 0 Å². The minimum Gasteiger partial charge on any atom is -0.355 e. The average Bonchev–Trinajstić information content (AvgIpc) is 3.47. The van der Waals surface area contributed by atoms with Gasteiger partial charge in [0.25, 0.3) is 0 Å². The lowest BCUT2D eigenvalue weighted by molar-refractivity contribution is -0.124. The molecule has 4 heteroatoms. The molecule has 2 saturated carbocycles. The number of nitrogens with zero attached hydrogens (tertiary/aromatic N) is 1. The van der Waals surface area contributed by atoms with E-state index in [9.17, 15) is 4.79 Å². The maximum Gasteiger partial charge on any atom is 0.240 e. The number of hydrogen-bond acceptors (Lipinski definition) is 3. The molecule has 4 nitrogen and oxygen atoms in total. The lowest BCUT2D eigenvalue weighted by atomic mass is 9.89. The number of unbranched alkanes of at least 4 members (excludes halogenated alkanes) is 7. The Morgan fingerprint density at radius 3 is 2.04 bits per heavy atom. The van der Waals surface area contributed by atoms with E-state index in [2.05, 4.69) is 16.7 Å². The van der Waals surface area contributed by atoms with Crippen LogP contribution in [0.25, 0.3) is 0 Å². The number of rotatable bonds is 14. The Morgan fingerprint density at radius 2 is 1.46 bits per heavy atom. The first-order valence-electron chi connectivity index (χ1n) is 11.2. The standard InChI is InChI=1S/C22H39N3O/c23-19-22(14-15-22)21(26)25-17-11-6-4-2-1-3-5-10-16-24-18-20-12-8-7-9-13-20/h20,24H,1-18H2,(H,25,26). The van der Waals surface area contributed by atoms with Crippen LogP contribution >= 0.6 is 0 Å². The largest absolute Gasteiger partial charge is 0.355 e. The monoisotopic (exact) mass is 361 g/mol. The van der Waals surface area contributed by atoms with Crippen molar-refractivity contribution in [3.63, 3.8) is 0 Å². The molecular formula is C22H39N3O. The maximum absolute atomic E-state index is 11.8. The van der Waals surface area contributed by atoms with Gasteiger partial charge >= 0.3 is 0 Å². The topological polar surface area (TPSA) is 64.9 Å². The van der Waals surface area contributed by atoms with Gasteiger partial charge in [-0.2, -0.15) is 5.26 Å². The lowest BCUT2D eigenvalue weighted by Crippen LogP contribution is -2.31. The molecule has 0 aromatic carbocycles. The van der Waals surface area contributed by atoms with Crippen LogP contribution in [-0.2, 0) is 4.79 Å². The predicted octanol–water partition coefficient (Wildman–Crippen LogP) is 4.70. The molecule has 0 aromatic rings. The minimum absolute atomic E-state index is 0.0444. The van der Waals surface area contributed by atoms with Gasteiger partial charge in [-0.3, -0.25) is 4.79 Å². The molecule has 26 heavy (non-hydrogen) atoms. The molecule has 2 fully saturated rings. The number of hydrogen-bond donors (Lipinski definition) is 2. The smallest absolute Gasteiger partial charge is 0.240 e. The van der Waals surface area contributed by atoms with E-state index in [4.69, 9.17) is 5.26 Å². The van der Waals surface area contributed by atoms with E-state index in [0.29, 0.717) is 0 Å². The van der Waals surface area contributed by atoms with Gasteiger partial charge in [-0.05, 0) is 57.5 Å². The molecule has 2 aliphatic carbocycles. The van der Waals surface area contributed by atoms with Crippen molar-refractivity contribution in [1.29, 1.82) is 5.26 Å². The number of amides is 1. The van der Waals surface area contributed by atoms with Crippen LogP contribution in [0.1, 0.15) is 96.3 Å². The average molecular weight is 362 g/mol. The van der Waals surface area contributed by atoms with Gasteiger partial charge in [-0.15, -0.1) is 0 Å². The summed E-state index contributed by atoms with van der Waals surface area (Å²) >= 11 is 0. The molecule has 0 bridgehead atoms. The molecule has 2 aliphatic rings. The molecule has 0 aromatic heterocycles. The van der Waals surface area contributed by atoms with Crippen molar-refractivity contribution < 1.29 is 4.79 Å². The highest BCUT2D eigenvalue weighted by Crippen LogP contribution is 2.44. The molecule has 0 unspecified atom stereocenters. The van der Waals surface area contributed by atoms with Gasteiger partial charge < -0.3 is 10.6 Å². The molecule has 0 radical (unpaired) electrons. The van der Waals surface area contributed by atoms with Gasteiger partial charge in [0.15, 0.2) is 0 Å². The van der Waals surface area contributed by atoms with E-state index in [0.717, 1.165) is 31.7 Å². The molecule has 0 spiro atoms. The molecular weight excluding hydrogens is 322 g/mol. The summed E-state index contributed by atoms with van der Waals surface area (Å²) in [6.07, 6.45) is 18.9. The number of nitriles is 1. The molecule has 2 rings (SSSR count). The first-order valence-corrected chi connectivity index (χ1v) is 11.2. The summed E-state index contributed by atoms with van der Waals surface area (Å²) in [5.41, 5.74) is -0.661. The van der Waals surface area contributed by atoms with Crippen molar-refractivity contribution in [3.05, 3.63) is 0 Å². The van der Waals surface area contributed by atoms with E-state index in [1.807, 2.05) is 0 Å². The summed E-state index contributed by atoms with van der Waals surface area (Å²) in [5, 5.41) is 15.5. The summed E-state index contributed by atoms with van der Waals surface area (Å²) in [6, 6.07) is 2.15. The second-order valence-electron chi connectivity index (χ2n) is 8.49. The zero-order chi connectivity index (χ0) is 18.5. The second-order valence-corrected chi connectivity index (χ2v) is 8.49. The van der Waals surface area contributed by atoms with Crippen molar-refractivity contribution in [2.45, 2.75) is 96.3 Å². The van der Waals surface area contributed by atoms with Crippen molar-refractivity contribution in [2.75, 3.05) is 19.6 Å². The fourth-order valence-corrected chi connectivity index (χ4v) is 4.02. The van der Waals surface area contributed by atoms with E-state index < -0.39 is 5.41 Å². The van der Waals surface area contributed by atoms with E-state index >= 15 is 0 Å². The Hall–Kier alpha value is -1.08. The van der Waals surface area contributed by atoms with Crippen molar-refractivity contribution in [3.8, 4) is 6.07 Å². The minimum atomic E-state index is -0.661. The van der Waals surface area contributed by atoms with Crippen LogP contribution in [0.2, 0.25) is 0 Å². The van der Waals surface area contributed by atoms with E-state index in [1.54, 1.807) is 0 Å². The summed E-state index contributed by atoms with van der Waals surface area (Å²) < 4.78 is 0. The van der Waals surface area contributed by atoms with Gasteiger partial charge in [-0.1, -0.05) is 57.8 Å². The third kappa shape index (κ3) is 8.08. The van der Waals surface area contributed by atoms with Gasteiger partial charge in [0, 0.05) is 6.54 Å². The van der Waals surface area contributed by atoms with Gasteiger partial charge in [0.05, 0.1) is 6.07 Å². The van der Waals surface area contributed by atoms with Crippen LogP contribution in [0.3, 0.4) is 0 Å². The van der Waals surface area contributed by atoms with Crippen LogP contribution in [-0.4, -0.2) is 25.5 Å². The van der Waals surface area contributed by atoms with Crippen molar-refractivity contribution in [2.24, 2.45) is 11.3 Å². The molecule has 148 valence electrons. The van der Waals surface area contributed by atoms with Gasteiger partial charge in [0.2, 0.25) is 5.91 Å². The molecule has 0 heterocycles. The Balaban J connectivity index is 1.27. The molecule has 0 saturated heterocycles. The first kappa shape index (κ1) is 21.2. The zero-order valence-electron chi connectivity index (χ0n) is 16.7. The highest BCUT2D eigenvalue weighted by molar-refractivity contribution is 5.88. The van der Waals surface area contributed by atoms with E-state index in [-0.39, 0.29) is 5.91 Å². The molecule has 1 amide bonds. The summed E-state index contributed by atoms with van der Waals surface area (Å²) in [6.45, 7) is 3.17. The highest BCUT2D eigenvalue weighted by atomic mass is 16.2. The van der Waals surface area contributed by atoms with Crippen LogP contribution in [0.4, 0.5) is 0 Å². The summed E-state index contributed by atoms with van der Waals surface area (Å²) in [5.74, 6) is 0.903. The van der Waals surface area contributed by atoms with Gasteiger partial charge in [-0.25, -0.2) is 0 Å². The number of carbonyl (C=O) groups excluding carboxylic acids is 1. The molecule has 0 aliphatic heterocycles. The Bertz CT molecular complexity index is 433. The van der Waals surface area contributed by atoms with Crippen LogP contribution < -0.4 is 10.6 Å². The fraction of sp³-hybridized carbons (Fsp3) is 0.909. The SMILES string of the molecule is N#CC1(C(=O)NCCCCCCCCCCNCC2CCCCC2)CC1. The van der Waals surface area contributed by atoms with Crippen LogP contribution in [0, 0.1) is 22.7 Å². The molecule has 2 N–H and O–H groups in total. The highest BCUT2D eigenvalue weighted by Gasteiger charge is 2.50. The van der Waals surface area contributed by atoms with Crippen molar-refractivity contribution >= 4 is 5.91 Å². The second kappa shape index (κ2) is 12.3. The lowest BCUT2D eigenvalue weighted by Gasteiger charge is -2.21. The van der Waals surface area contributed by atoms with Crippen molar-refractivity contribution in [1.82, 2.24) is 10.6 Å². The Morgan fingerprint density at radius 1 is 0.885 bits per heavy atom. The number of nitrogens with one attached hydrogen (secondary N) is 2. The summed E-state index contributed by atoms with van der Waals surface area (Å²) in [4.78, 5) is 11.8. The fourth-order valence-electron chi connectivity index (χ4n) is 4.02. The Labute approximate surface area is 160 Å². The van der Waals surface area contributed by atoms with Gasteiger partial charge in [0.1, 0.15) is 5.41 Å². The maximum atomic E-state index is 11.8. The zero-order valence-corrected chi connectivity index (χ0v) is 16.7. The van der Waals surface area contributed by atoms with E-state index in [1.165, 1.54) is 90.1 Å². The predicted molar refractivity (Wildman–Crippen MR) is 107 cm³/mol.